The van der Waals surface area contributed by atoms with Crippen LogP contribution in [0.5, 0.6) is 0 Å². The lowest BCUT2D eigenvalue weighted by Gasteiger charge is -2.36. The predicted octanol–water partition coefficient (Wildman–Crippen LogP) is 4.95. The molecule has 1 saturated heterocycles. The van der Waals surface area contributed by atoms with Crippen molar-refractivity contribution in [1.82, 2.24) is 15.5 Å². The molecule has 0 radical (unpaired) electrons. The van der Waals surface area contributed by atoms with Gasteiger partial charge in [0.1, 0.15) is 0 Å². The number of benzene rings is 1. The van der Waals surface area contributed by atoms with Gasteiger partial charge in [0.05, 0.1) is 0 Å². The van der Waals surface area contributed by atoms with Gasteiger partial charge in [0, 0.05) is 31.2 Å². The molecule has 0 amide bonds. The van der Waals surface area contributed by atoms with E-state index in [1.54, 1.807) is 0 Å². The summed E-state index contributed by atoms with van der Waals surface area (Å²) in [6.07, 6.45) is 3.89. The summed E-state index contributed by atoms with van der Waals surface area (Å²) in [5.74, 6) is 0.800. The van der Waals surface area contributed by atoms with Gasteiger partial charge in [-0.05, 0) is 75.6 Å². The molecular weight excluding hydrogens is 342 g/mol. The second kappa shape index (κ2) is 10.8. The molecular formula is C25H45N3. The van der Waals surface area contributed by atoms with E-state index in [0.717, 1.165) is 25.4 Å². The first kappa shape index (κ1) is 23.4. The highest BCUT2D eigenvalue weighted by atomic mass is 15.2. The minimum atomic E-state index is 0.187. The van der Waals surface area contributed by atoms with E-state index in [-0.39, 0.29) is 5.41 Å². The van der Waals surface area contributed by atoms with Crippen LogP contribution in [0.1, 0.15) is 78.9 Å². The van der Waals surface area contributed by atoms with Gasteiger partial charge in [-0.2, -0.15) is 0 Å². The summed E-state index contributed by atoms with van der Waals surface area (Å²) in [6.45, 7) is 20.8. The molecule has 3 heteroatoms. The molecule has 0 saturated carbocycles. The topological polar surface area (TPSA) is 27.3 Å². The molecule has 0 bridgehead atoms. The maximum Gasteiger partial charge on any atom is 0.0207 e. The summed E-state index contributed by atoms with van der Waals surface area (Å²) >= 11 is 0. The lowest BCUT2D eigenvalue weighted by atomic mass is 9.79. The molecule has 2 unspecified atom stereocenters. The zero-order chi connectivity index (χ0) is 20.7. The summed E-state index contributed by atoms with van der Waals surface area (Å²) in [7, 11) is 0. The van der Waals surface area contributed by atoms with E-state index in [1.165, 1.54) is 37.1 Å². The molecule has 1 aliphatic rings. The fraction of sp³-hybridized carbons (Fsp3) is 0.760. The van der Waals surface area contributed by atoms with Crippen LogP contribution in [0, 0.1) is 5.92 Å². The van der Waals surface area contributed by atoms with Crippen molar-refractivity contribution in [2.24, 2.45) is 5.92 Å². The largest absolute Gasteiger partial charge is 0.314 e. The van der Waals surface area contributed by atoms with Crippen molar-refractivity contribution in [2.45, 2.75) is 97.8 Å². The van der Waals surface area contributed by atoms with Crippen LogP contribution in [0.2, 0.25) is 0 Å². The predicted molar refractivity (Wildman–Crippen MR) is 123 cm³/mol. The molecule has 1 aromatic carbocycles. The number of hydrogen-bond donors (Lipinski definition) is 2. The maximum atomic E-state index is 3.85. The molecule has 1 fully saturated rings. The van der Waals surface area contributed by atoms with Gasteiger partial charge in [0.15, 0.2) is 0 Å². The van der Waals surface area contributed by atoms with Gasteiger partial charge in [-0.25, -0.2) is 0 Å². The van der Waals surface area contributed by atoms with Crippen LogP contribution >= 0.6 is 0 Å². The van der Waals surface area contributed by atoms with Gasteiger partial charge >= 0.3 is 0 Å². The minimum absolute atomic E-state index is 0.187. The Bertz CT molecular complexity index is 562. The Kier molecular flexibility index (Phi) is 8.98. The number of nitrogens with zero attached hydrogens (tertiary/aromatic N) is 1. The Morgan fingerprint density at radius 3 is 2.32 bits per heavy atom. The smallest absolute Gasteiger partial charge is 0.0207 e. The molecule has 2 atom stereocenters. The summed E-state index contributed by atoms with van der Waals surface area (Å²) in [6, 6.07) is 11.0. The number of likely N-dealkylation sites (tertiary alicyclic amines) is 1. The highest BCUT2D eigenvalue weighted by molar-refractivity contribution is 5.28. The fourth-order valence-corrected chi connectivity index (χ4v) is 4.45. The molecule has 28 heavy (non-hydrogen) atoms. The number of rotatable bonds is 10. The molecule has 160 valence electrons. The van der Waals surface area contributed by atoms with E-state index in [9.17, 15) is 0 Å². The van der Waals surface area contributed by atoms with Crippen molar-refractivity contribution < 1.29 is 0 Å². The van der Waals surface area contributed by atoms with Gasteiger partial charge in [0.25, 0.3) is 0 Å². The maximum absolute atomic E-state index is 3.85. The van der Waals surface area contributed by atoms with Crippen LogP contribution in [-0.2, 0) is 12.0 Å². The van der Waals surface area contributed by atoms with Gasteiger partial charge in [-0.3, -0.25) is 0 Å². The van der Waals surface area contributed by atoms with E-state index >= 15 is 0 Å². The van der Waals surface area contributed by atoms with Gasteiger partial charge in [-0.1, -0.05) is 52.0 Å². The summed E-state index contributed by atoms with van der Waals surface area (Å²) in [5.41, 5.74) is 3.00. The average Bonchev–Trinajstić information content (AvgIpc) is 2.65. The molecule has 1 heterocycles. The van der Waals surface area contributed by atoms with Crippen molar-refractivity contribution in [2.75, 3.05) is 19.6 Å². The Balaban J connectivity index is 1.82. The summed E-state index contributed by atoms with van der Waals surface area (Å²) in [4.78, 5) is 2.64. The molecule has 1 aromatic rings. The normalized spacial score (nSPS) is 20.1. The highest BCUT2D eigenvalue weighted by Crippen LogP contribution is 2.29. The first-order valence-electron chi connectivity index (χ1n) is 11.5. The van der Waals surface area contributed by atoms with Gasteiger partial charge in [0.2, 0.25) is 0 Å². The zero-order valence-corrected chi connectivity index (χ0v) is 19.5. The molecule has 0 aromatic heterocycles. The van der Waals surface area contributed by atoms with Crippen LogP contribution < -0.4 is 10.6 Å². The number of piperidine rings is 1. The molecule has 0 spiro atoms. The average molecular weight is 388 g/mol. The summed E-state index contributed by atoms with van der Waals surface area (Å²) in [5, 5.41) is 7.34. The van der Waals surface area contributed by atoms with Crippen molar-refractivity contribution in [1.29, 1.82) is 0 Å². The quantitative estimate of drug-likeness (QED) is 0.595. The standard InChI is InChI=1S/C25H45N3/c1-19(2)26-16-22-10-12-24(13-11-22)25(6,7)15-21(5)27-17-23-9-8-14-28(18-23)20(3)4/h10-13,19-21,23,26-27H,8-9,14-18H2,1-7H3. The monoisotopic (exact) mass is 387 g/mol. The highest BCUT2D eigenvalue weighted by Gasteiger charge is 2.25. The zero-order valence-electron chi connectivity index (χ0n) is 19.5. The lowest BCUT2D eigenvalue weighted by Crippen LogP contribution is -2.44. The Labute approximate surface area is 174 Å². The molecule has 2 rings (SSSR count). The Morgan fingerprint density at radius 1 is 1.04 bits per heavy atom. The second-order valence-electron chi connectivity index (χ2n) is 10.2. The SMILES string of the molecule is CC(C)NCc1ccc(C(C)(C)CC(C)NCC2CCCN(C(C)C)C2)cc1. The van der Waals surface area contributed by atoms with Crippen LogP contribution in [0.3, 0.4) is 0 Å². The van der Waals surface area contributed by atoms with Gasteiger partial charge < -0.3 is 15.5 Å². The van der Waals surface area contributed by atoms with Crippen molar-refractivity contribution in [3.8, 4) is 0 Å². The fourth-order valence-electron chi connectivity index (χ4n) is 4.45. The third kappa shape index (κ3) is 7.50. The van der Waals surface area contributed by atoms with Crippen LogP contribution in [0.25, 0.3) is 0 Å². The molecule has 1 aliphatic heterocycles. The Hall–Kier alpha value is -0.900. The van der Waals surface area contributed by atoms with E-state index in [1.807, 2.05) is 0 Å². The molecule has 2 N–H and O–H groups in total. The lowest BCUT2D eigenvalue weighted by molar-refractivity contribution is 0.136. The first-order chi connectivity index (χ1) is 13.2. The molecule has 3 nitrogen and oxygen atoms in total. The van der Waals surface area contributed by atoms with Crippen molar-refractivity contribution >= 4 is 0 Å². The second-order valence-corrected chi connectivity index (χ2v) is 10.2. The van der Waals surface area contributed by atoms with Crippen molar-refractivity contribution in [3.05, 3.63) is 35.4 Å². The van der Waals surface area contributed by atoms with Crippen LogP contribution in [-0.4, -0.2) is 42.7 Å². The Morgan fingerprint density at radius 2 is 1.71 bits per heavy atom. The van der Waals surface area contributed by atoms with E-state index in [4.69, 9.17) is 0 Å². The van der Waals surface area contributed by atoms with Crippen LogP contribution in [0.4, 0.5) is 0 Å². The van der Waals surface area contributed by atoms with E-state index in [0.29, 0.717) is 18.1 Å². The van der Waals surface area contributed by atoms with Crippen LogP contribution in [0.15, 0.2) is 24.3 Å². The van der Waals surface area contributed by atoms with Crippen molar-refractivity contribution in [3.63, 3.8) is 0 Å². The van der Waals surface area contributed by atoms with E-state index < -0.39 is 0 Å². The number of nitrogens with one attached hydrogen (secondary N) is 2. The number of hydrogen-bond acceptors (Lipinski definition) is 3. The first-order valence-corrected chi connectivity index (χ1v) is 11.5. The minimum Gasteiger partial charge on any atom is -0.314 e. The van der Waals surface area contributed by atoms with E-state index in [2.05, 4.69) is 88.3 Å². The van der Waals surface area contributed by atoms with Gasteiger partial charge in [-0.15, -0.1) is 0 Å². The third-order valence-electron chi connectivity index (χ3n) is 6.30. The third-order valence-corrected chi connectivity index (χ3v) is 6.30. The summed E-state index contributed by atoms with van der Waals surface area (Å²) < 4.78 is 0. The molecule has 0 aliphatic carbocycles.